The van der Waals surface area contributed by atoms with Gasteiger partial charge in [-0.3, -0.25) is 9.89 Å². The van der Waals surface area contributed by atoms with Gasteiger partial charge in [0.2, 0.25) is 0 Å². The highest BCUT2D eigenvalue weighted by molar-refractivity contribution is 14.0. The molecule has 144 valence electrons. The SMILES string of the molecule is CCNC(=NCC(C)Sc1ccccc1)N1CCC(N2CC=CC2)C1.I. The van der Waals surface area contributed by atoms with Crippen LogP contribution in [0, 0.1) is 0 Å². The number of hydrogen-bond acceptors (Lipinski definition) is 3. The van der Waals surface area contributed by atoms with Gasteiger partial charge in [-0.05, 0) is 25.5 Å². The van der Waals surface area contributed by atoms with E-state index >= 15 is 0 Å². The summed E-state index contributed by atoms with van der Waals surface area (Å²) in [7, 11) is 0. The van der Waals surface area contributed by atoms with E-state index in [0.29, 0.717) is 11.3 Å². The van der Waals surface area contributed by atoms with Crippen molar-refractivity contribution < 1.29 is 0 Å². The zero-order valence-electron chi connectivity index (χ0n) is 15.8. The van der Waals surface area contributed by atoms with Gasteiger partial charge in [0.15, 0.2) is 5.96 Å². The van der Waals surface area contributed by atoms with Crippen LogP contribution in [0.1, 0.15) is 20.3 Å². The molecular formula is C20H31IN4S. The minimum Gasteiger partial charge on any atom is -0.357 e. The number of hydrogen-bond donors (Lipinski definition) is 1. The lowest BCUT2D eigenvalue weighted by Crippen LogP contribution is -2.43. The molecule has 0 bridgehead atoms. The molecule has 4 nitrogen and oxygen atoms in total. The zero-order valence-corrected chi connectivity index (χ0v) is 19.0. The van der Waals surface area contributed by atoms with Crippen LogP contribution < -0.4 is 5.32 Å². The molecule has 0 spiro atoms. The summed E-state index contributed by atoms with van der Waals surface area (Å²) >= 11 is 1.90. The number of halogens is 1. The Morgan fingerprint density at radius 2 is 2.00 bits per heavy atom. The van der Waals surface area contributed by atoms with Crippen molar-refractivity contribution in [3.05, 3.63) is 42.5 Å². The normalized spacial score (nSPS) is 21.7. The van der Waals surface area contributed by atoms with Crippen LogP contribution in [0.3, 0.4) is 0 Å². The molecule has 0 aliphatic carbocycles. The molecule has 2 aliphatic rings. The molecule has 2 aliphatic heterocycles. The number of guanidine groups is 1. The van der Waals surface area contributed by atoms with E-state index in [1.165, 1.54) is 11.3 Å². The fourth-order valence-corrected chi connectivity index (χ4v) is 4.36. The van der Waals surface area contributed by atoms with Crippen molar-refractivity contribution in [2.75, 3.05) is 39.3 Å². The summed E-state index contributed by atoms with van der Waals surface area (Å²) in [6.07, 6.45) is 5.80. The number of nitrogens with zero attached hydrogens (tertiary/aromatic N) is 3. The van der Waals surface area contributed by atoms with E-state index in [4.69, 9.17) is 4.99 Å². The highest BCUT2D eigenvalue weighted by Crippen LogP contribution is 2.23. The van der Waals surface area contributed by atoms with Gasteiger partial charge >= 0.3 is 0 Å². The highest BCUT2D eigenvalue weighted by atomic mass is 127. The zero-order chi connectivity index (χ0) is 17.5. The van der Waals surface area contributed by atoms with Gasteiger partial charge in [-0.25, -0.2) is 0 Å². The van der Waals surface area contributed by atoms with Crippen molar-refractivity contribution in [2.45, 2.75) is 36.5 Å². The van der Waals surface area contributed by atoms with E-state index in [2.05, 4.69) is 71.4 Å². The topological polar surface area (TPSA) is 30.9 Å². The molecule has 2 heterocycles. The molecule has 0 aromatic heterocycles. The highest BCUT2D eigenvalue weighted by Gasteiger charge is 2.29. The maximum absolute atomic E-state index is 4.93. The van der Waals surface area contributed by atoms with Crippen LogP contribution in [0.15, 0.2) is 52.4 Å². The second-order valence-corrected chi connectivity index (χ2v) is 8.26. The van der Waals surface area contributed by atoms with Crippen LogP contribution in [0.4, 0.5) is 0 Å². The number of likely N-dealkylation sites (tertiary alicyclic amines) is 1. The van der Waals surface area contributed by atoms with Crippen LogP contribution in [-0.4, -0.2) is 66.3 Å². The average molecular weight is 486 g/mol. The molecule has 0 radical (unpaired) electrons. The Balaban J connectivity index is 0.00000243. The first kappa shape index (κ1) is 21.6. The molecule has 1 saturated heterocycles. The third kappa shape index (κ3) is 6.16. The van der Waals surface area contributed by atoms with Crippen LogP contribution in [-0.2, 0) is 0 Å². The van der Waals surface area contributed by atoms with Crippen LogP contribution in [0.5, 0.6) is 0 Å². The Morgan fingerprint density at radius 1 is 1.27 bits per heavy atom. The molecule has 26 heavy (non-hydrogen) atoms. The Labute approximate surface area is 179 Å². The Hall–Kier alpha value is -0.730. The summed E-state index contributed by atoms with van der Waals surface area (Å²) in [6, 6.07) is 11.3. The molecule has 3 rings (SSSR count). The van der Waals surface area contributed by atoms with Gasteiger partial charge in [0.1, 0.15) is 0 Å². The first-order valence-corrected chi connectivity index (χ1v) is 10.3. The predicted octanol–water partition coefficient (Wildman–Crippen LogP) is 3.70. The third-order valence-corrected chi connectivity index (χ3v) is 5.84. The van der Waals surface area contributed by atoms with Gasteiger partial charge in [0.05, 0.1) is 6.54 Å². The van der Waals surface area contributed by atoms with Crippen LogP contribution >= 0.6 is 35.7 Å². The number of benzene rings is 1. The van der Waals surface area contributed by atoms with Crippen molar-refractivity contribution in [3.8, 4) is 0 Å². The molecule has 2 atom stereocenters. The van der Waals surface area contributed by atoms with Gasteiger partial charge < -0.3 is 10.2 Å². The third-order valence-electron chi connectivity index (χ3n) is 4.74. The monoisotopic (exact) mass is 486 g/mol. The molecule has 2 unspecified atom stereocenters. The minimum atomic E-state index is 0. The standard InChI is InChI=1S/C20H30N4S.HI/c1-3-21-20(22-15-17(2)25-19-9-5-4-6-10-19)24-14-11-18(16-24)23-12-7-8-13-23;/h4-10,17-18H,3,11-16H2,1-2H3,(H,21,22);1H. The molecular weight excluding hydrogens is 455 g/mol. The largest absolute Gasteiger partial charge is 0.357 e. The lowest BCUT2D eigenvalue weighted by atomic mass is 10.2. The second kappa shape index (κ2) is 11.2. The van der Waals surface area contributed by atoms with E-state index in [9.17, 15) is 0 Å². The number of nitrogens with one attached hydrogen (secondary N) is 1. The summed E-state index contributed by atoms with van der Waals surface area (Å²) in [6.45, 7) is 10.6. The lowest BCUT2D eigenvalue weighted by Gasteiger charge is -2.25. The van der Waals surface area contributed by atoms with E-state index < -0.39 is 0 Å². The molecule has 1 aromatic carbocycles. The van der Waals surface area contributed by atoms with Crippen molar-refractivity contribution >= 4 is 41.7 Å². The minimum absolute atomic E-state index is 0. The molecule has 1 N–H and O–H groups in total. The maximum atomic E-state index is 4.93. The Bertz CT molecular complexity index is 585. The fourth-order valence-electron chi connectivity index (χ4n) is 3.43. The van der Waals surface area contributed by atoms with Gasteiger partial charge in [0, 0.05) is 48.9 Å². The summed E-state index contributed by atoms with van der Waals surface area (Å²) in [5.41, 5.74) is 0. The number of rotatable bonds is 6. The van der Waals surface area contributed by atoms with E-state index in [-0.39, 0.29) is 24.0 Å². The Kier molecular flexibility index (Phi) is 9.28. The molecule has 1 aromatic rings. The van der Waals surface area contributed by atoms with Crippen LogP contribution in [0.2, 0.25) is 0 Å². The first-order valence-electron chi connectivity index (χ1n) is 9.40. The van der Waals surface area contributed by atoms with Crippen molar-refractivity contribution in [1.29, 1.82) is 0 Å². The predicted molar refractivity (Wildman–Crippen MR) is 124 cm³/mol. The summed E-state index contributed by atoms with van der Waals surface area (Å²) < 4.78 is 0. The van der Waals surface area contributed by atoms with Gasteiger partial charge in [-0.2, -0.15) is 0 Å². The van der Waals surface area contributed by atoms with Gasteiger partial charge in [-0.1, -0.05) is 37.3 Å². The first-order chi connectivity index (χ1) is 12.3. The van der Waals surface area contributed by atoms with Crippen molar-refractivity contribution in [1.82, 2.24) is 15.1 Å². The van der Waals surface area contributed by atoms with Crippen LogP contribution in [0.25, 0.3) is 0 Å². The van der Waals surface area contributed by atoms with Crippen molar-refractivity contribution in [3.63, 3.8) is 0 Å². The molecule has 0 saturated carbocycles. The van der Waals surface area contributed by atoms with E-state index in [0.717, 1.165) is 45.2 Å². The molecule has 0 amide bonds. The van der Waals surface area contributed by atoms with E-state index in [1.807, 2.05) is 11.8 Å². The molecule has 6 heteroatoms. The maximum Gasteiger partial charge on any atom is 0.194 e. The quantitative estimate of drug-likeness (QED) is 0.219. The Morgan fingerprint density at radius 3 is 2.69 bits per heavy atom. The van der Waals surface area contributed by atoms with Gasteiger partial charge in [-0.15, -0.1) is 35.7 Å². The lowest BCUT2D eigenvalue weighted by molar-refractivity contribution is 0.259. The van der Waals surface area contributed by atoms with E-state index in [1.54, 1.807) is 0 Å². The molecule has 1 fully saturated rings. The van der Waals surface area contributed by atoms with Gasteiger partial charge in [0.25, 0.3) is 0 Å². The number of aliphatic imine (C=N–C) groups is 1. The average Bonchev–Trinajstić information content (AvgIpc) is 3.30. The summed E-state index contributed by atoms with van der Waals surface area (Å²) in [5.74, 6) is 1.08. The van der Waals surface area contributed by atoms with Crippen molar-refractivity contribution in [2.24, 2.45) is 4.99 Å². The number of thioether (sulfide) groups is 1. The smallest absolute Gasteiger partial charge is 0.194 e. The summed E-state index contributed by atoms with van der Waals surface area (Å²) in [4.78, 5) is 11.3. The summed E-state index contributed by atoms with van der Waals surface area (Å²) in [5, 5.41) is 3.96. The fraction of sp³-hybridized carbons (Fsp3) is 0.550. The second-order valence-electron chi connectivity index (χ2n) is 6.75.